The maximum atomic E-state index is 11.6. The van der Waals surface area contributed by atoms with E-state index in [-0.39, 0.29) is 35.2 Å². The topological polar surface area (TPSA) is 50.4 Å². The van der Waals surface area contributed by atoms with Crippen LogP contribution in [0.25, 0.3) is 0 Å². The quantitative estimate of drug-likeness (QED) is 0.709. The second-order valence-electron chi connectivity index (χ2n) is 5.61. The van der Waals surface area contributed by atoms with Crippen molar-refractivity contribution in [1.29, 1.82) is 0 Å². The number of ether oxygens (including phenoxy) is 1. The first kappa shape index (κ1) is 16.7. The Morgan fingerprint density at radius 1 is 1.24 bits per heavy atom. The third-order valence-electron chi connectivity index (χ3n) is 4.09. The van der Waals surface area contributed by atoms with Gasteiger partial charge in [0.25, 0.3) is 0 Å². The molecule has 1 aliphatic carbocycles. The van der Waals surface area contributed by atoms with Crippen LogP contribution in [0.5, 0.6) is 0 Å². The molecule has 0 heterocycles. The monoisotopic (exact) mass is 264 g/mol. The molecule has 1 rings (SSSR count). The van der Waals surface area contributed by atoms with Gasteiger partial charge in [-0.25, -0.2) is 0 Å². The molecular weight excluding hydrogens is 240 g/mol. The molecule has 0 spiro atoms. The maximum absolute atomic E-state index is 11.6. The molecule has 5 heteroatoms. The van der Waals surface area contributed by atoms with Crippen molar-refractivity contribution in [2.24, 2.45) is 10.8 Å². The third-order valence-corrected chi connectivity index (χ3v) is 4.09. The van der Waals surface area contributed by atoms with Gasteiger partial charge in [-0.1, -0.05) is 27.7 Å². The van der Waals surface area contributed by atoms with E-state index < -0.39 is 0 Å². The molecule has 1 fully saturated rings. The molecule has 0 bridgehead atoms. The fourth-order valence-corrected chi connectivity index (χ4v) is 2.15. The third kappa shape index (κ3) is 3.57. The summed E-state index contributed by atoms with van der Waals surface area (Å²) in [5.41, 5.74) is 0.407. The minimum absolute atomic E-state index is 0. The Morgan fingerprint density at radius 3 is 2.18 bits per heavy atom. The Hall–Kier alpha value is -0.320. The number of hydrogen-bond acceptors (Lipinski definition) is 3. The zero-order valence-corrected chi connectivity index (χ0v) is 12.2. The van der Waals surface area contributed by atoms with Crippen molar-refractivity contribution in [3.63, 3.8) is 0 Å². The van der Waals surface area contributed by atoms with Gasteiger partial charge in [0.05, 0.1) is 13.2 Å². The first-order valence-electron chi connectivity index (χ1n) is 5.83. The maximum Gasteiger partial charge on any atom is 0.234 e. The summed E-state index contributed by atoms with van der Waals surface area (Å²) in [4.78, 5) is 11.6. The van der Waals surface area contributed by atoms with Crippen molar-refractivity contribution in [1.82, 2.24) is 10.6 Å². The van der Waals surface area contributed by atoms with Crippen molar-refractivity contribution in [3.05, 3.63) is 0 Å². The molecule has 1 saturated carbocycles. The van der Waals surface area contributed by atoms with Crippen LogP contribution >= 0.6 is 12.4 Å². The Morgan fingerprint density at radius 2 is 1.76 bits per heavy atom. The van der Waals surface area contributed by atoms with Gasteiger partial charge in [0.2, 0.25) is 5.91 Å². The minimum Gasteiger partial charge on any atom is -0.383 e. The standard InChI is InChI=1S/C12H24N2O2.ClH/c1-11(2)10(12(11,3)4)14-9(15)8-13-6-7-16-5;/h10,13H,6-8H2,1-5H3,(H,14,15);1H. The predicted molar refractivity (Wildman–Crippen MR) is 71.5 cm³/mol. The summed E-state index contributed by atoms with van der Waals surface area (Å²) in [5, 5.41) is 6.11. The highest BCUT2D eigenvalue weighted by molar-refractivity contribution is 5.85. The molecule has 17 heavy (non-hydrogen) atoms. The molecule has 0 aromatic heterocycles. The van der Waals surface area contributed by atoms with Gasteiger partial charge < -0.3 is 15.4 Å². The molecule has 4 nitrogen and oxygen atoms in total. The number of halogens is 1. The molecule has 0 aromatic rings. The number of rotatable bonds is 6. The van der Waals surface area contributed by atoms with E-state index in [9.17, 15) is 4.79 Å². The lowest BCUT2D eigenvalue weighted by atomic mass is 10.0. The summed E-state index contributed by atoms with van der Waals surface area (Å²) in [6, 6.07) is 0.289. The normalized spacial score (nSPS) is 20.5. The van der Waals surface area contributed by atoms with Crippen LogP contribution in [-0.4, -0.2) is 38.8 Å². The number of carbonyl (C=O) groups is 1. The van der Waals surface area contributed by atoms with Gasteiger partial charge in [-0.2, -0.15) is 0 Å². The average Bonchev–Trinajstić information content (AvgIpc) is 2.56. The highest BCUT2D eigenvalue weighted by atomic mass is 35.5. The molecule has 0 aromatic carbocycles. The van der Waals surface area contributed by atoms with Gasteiger partial charge in [0.15, 0.2) is 0 Å². The van der Waals surface area contributed by atoms with E-state index in [1.54, 1.807) is 7.11 Å². The van der Waals surface area contributed by atoms with Crippen molar-refractivity contribution in [2.75, 3.05) is 26.8 Å². The largest absolute Gasteiger partial charge is 0.383 e. The average molecular weight is 265 g/mol. The van der Waals surface area contributed by atoms with E-state index in [0.29, 0.717) is 19.7 Å². The SMILES string of the molecule is COCCNCC(=O)NC1C(C)(C)C1(C)C.Cl. The first-order chi connectivity index (χ1) is 7.34. The van der Waals surface area contributed by atoms with Gasteiger partial charge in [0, 0.05) is 19.7 Å². The zero-order chi connectivity index (χ0) is 12.4. The van der Waals surface area contributed by atoms with Crippen LogP contribution in [0.2, 0.25) is 0 Å². The van der Waals surface area contributed by atoms with Crippen molar-refractivity contribution in [3.8, 4) is 0 Å². The lowest BCUT2D eigenvalue weighted by Gasteiger charge is -2.07. The first-order valence-corrected chi connectivity index (χ1v) is 5.83. The van der Waals surface area contributed by atoms with E-state index >= 15 is 0 Å². The molecular formula is C12H25ClN2O2. The van der Waals surface area contributed by atoms with E-state index in [4.69, 9.17) is 4.74 Å². The fourth-order valence-electron chi connectivity index (χ4n) is 2.15. The second kappa shape index (κ2) is 6.03. The lowest BCUT2D eigenvalue weighted by Crippen LogP contribution is -2.38. The molecule has 0 radical (unpaired) electrons. The number of nitrogens with one attached hydrogen (secondary N) is 2. The van der Waals surface area contributed by atoms with E-state index in [1.165, 1.54) is 0 Å². The van der Waals surface area contributed by atoms with E-state index in [1.807, 2.05) is 0 Å². The van der Waals surface area contributed by atoms with Crippen LogP contribution in [-0.2, 0) is 9.53 Å². The summed E-state index contributed by atoms with van der Waals surface area (Å²) in [6.07, 6.45) is 0. The van der Waals surface area contributed by atoms with Crippen LogP contribution in [0.3, 0.4) is 0 Å². The molecule has 102 valence electrons. The predicted octanol–water partition coefficient (Wildman–Crippen LogP) is 1.19. The summed E-state index contributed by atoms with van der Waals surface area (Å²) in [5.74, 6) is 0.0692. The fraction of sp³-hybridized carbons (Fsp3) is 0.917. The molecule has 1 amide bonds. The Labute approximate surface area is 110 Å². The Bertz CT molecular complexity index is 253. The summed E-state index contributed by atoms with van der Waals surface area (Å²) in [7, 11) is 1.65. The molecule has 0 atom stereocenters. The molecule has 0 unspecified atom stereocenters. The van der Waals surface area contributed by atoms with Crippen molar-refractivity contribution < 1.29 is 9.53 Å². The molecule has 1 aliphatic rings. The number of amides is 1. The lowest BCUT2D eigenvalue weighted by molar-refractivity contribution is -0.120. The van der Waals surface area contributed by atoms with Gasteiger partial charge >= 0.3 is 0 Å². The van der Waals surface area contributed by atoms with Crippen LogP contribution in [0, 0.1) is 10.8 Å². The highest BCUT2D eigenvalue weighted by Gasteiger charge is 2.65. The highest BCUT2D eigenvalue weighted by Crippen LogP contribution is 2.62. The van der Waals surface area contributed by atoms with Gasteiger partial charge in [-0.15, -0.1) is 12.4 Å². The van der Waals surface area contributed by atoms with E-state index in [0.717, 1.165) is 0 Å². The summed E-state index contributed by atoms with van der Waals surface area (Å²) < 4.78 is 4.89. The minimum atomic E-state index is 0. The number of hydrogen-bond donors (Lipinski definition) is 2. The van der Waals surface area contributed by atoms with Gasteiger partial charge in [-0.3, -0.25) is 4.79 Å². The van der Waals surface area contributed by atoms with Crippen molar-refractivity contribution >= 4 is 18.3 Å². The Balaban J connectivity index is 0.00000256. The second-order valence-corrected chi connectivity index (χ2v) is 5.61. The number of methoxy groups -OCH3 is 1. The van der Waals surface area contributed by atoms with Crippen LogP contribution < -0.4 is 10.6 Å². The van der Waals surface area contributed by atoms with Crippen LogP contribution in [0.4, 0.5) is 0 Å². The van der Waals surface area contributed by atoms with Crippen LogP contribution in [0.15, 0.2) is 0 Å². The van der Waals surface area contributed by atoms with Crippen molar-refractivity contribution in [2.45, 2.75) is 33.7 Å². The van der Waals surface area contributed by atoms with E-state index in [2.05, 4.69) is 38.3 Å². The molecule has 0 aliphatic heterocycles. The number of carbonyl (C=O) groups excluding carboxylic acids is 1. The molecule has 0 saturated heterocycles. The zero-order valence-electron chi connectivity index (χ0n) is 11.4. The molecule has 2 N–H and O–H groups in total. The summed E-state index contributed by atoms with van der Waals surface area (Å²) >= 11 is 0. The summed E-state index contributed by atoms with van der Waals surface area (Å²) in [6.45, 7) is 10.5. The van der Waals surface area contributed by atoms with Gasteiger partial charge in [-0.05, 0) is 10.8 Å². The smallest absolute Gasteiger partial charge is 0.234 e. The Kier molecular flexibility index (Phi) is 5.91. The van der Waals surface area contributed by atoms with Crippen LogP contribution in [0.1, 0.15) is 27.7 Å². The van der Waals surface area contributed by atoms with Gasteiger partial charge in [0.1, 0.15) is 0 Å².